The highest BCUT2D eigenvalue weighted by molar-refractivity contribution is 5.84. The summed E-state index contributed by atoms with van der Waals surface area (Å²) in [6.07, 6.45) is 3.27. The van der Waals surface area contributed by atoms with Gasteiger partial charge in [0.05, 0.1) is 13.2 Å². The fraction of sp³-hybridized carbons (Fsp3) is 0.562. The van der Waals surface area contributed by atoms with Crippen molar-refractivity contribution in [2.45, 2.75) is 38.4 Å². The number of methoxy groups -OCH3 is 1. The Balaban J connectivity index is 1.90. The Bertz CT molecular complexity index is 499. The van der Waals surface area contributed by atoms with Crippen molar-refractivity contribution < 1.29 is 9.53 Å². The molecule has 1 aliphatic heterocycles. The van der Waals surface area contributed by atoms with Gasteiger partial charge in [0.2, 0.25) is 5.91 Å². The molecule has 1 amide bonds. The maximum Gasteiger partial charge on any atom is 0.241 e. The van der Waals surface area contributed by atoms with E-state index >= 15 is 0 Å². The van der Waals surface area contributed by atoms with Crippen LogP contribution >= 0.6 is 0 Å². The number of nitrogens with zero attached hydrogens (tertiary/aromatic N) is 1. The Kier molecular flexibility index (Phi) is 3.66. The summed E-state index contributed by atoms with van der Waals surface area (Å²) in [7, 11) is 1.68. The van der Waals surface area contributed by atoms with Gasteiger partial charge in [-0.05, 0) is 31.2 Å². The van der Waals surface area contributed by atoms with Gasteiger partial charge < -0.3 is 9.64 Å². The Hall–Kier alpha value is -1.55. The molecule has 2 atom stereocenters. The lowest BCUT2D eigenvalue weighted by Gasteiger charge is -2.25. The fourth-order valence-corrected chi connectivity index (χ4v) is 2.90. The molecule has 1 aliphatic carbocycles. The standard InChI is InChI=1S/C16H22N2O2/c1-3-13-16(19)18(10-11-8-9-11)15(17-13)12-6-4-5-7-14(12)20-2/h4-7,11,13,15,17H,3,8-10H2,1-2H3. The number of carbonyl (C=O) groups excluding carboxylic acids is 1. The van der Waals surface area contributed by atoms with Crippen LogP contribution in [0, 0.1) is 5.92 Å². The Morgan fingerprint density at radius 2 is 2.10 bits per heavy atom. The molecule has 0 radical (unpaired) electrons. The van der Waals surface area contributed by atoms with Crippen molar-refractivity contribution in [2.75, 3.05) is 13.7 Å². The molecular formula is C16H22N2O2. The van der Waals surface area contributed by atoms with E-state index in [-0.39, 0.29) is 18.1 Å². The highest BCUT2D eigenvalue weighted by Crippen LogP contribution is 2.37. The van der Waals surface area contributed by atoms with Crippen LogP contribution in [0.25, 0.3) is 0 Å². The molecule has 0 spiro atoms. The van der Waals surface area contributed by atoms with E-state index in [1.807, 2.05) is 29.2 Å². The minimum atomic E-state index is -0.0661. The van der Waals surface area contributed by atoms with Gasteiger partial charge in [-0.1, -0.05) is 25.1 Å². The highest BCUT2D eigenvalue weighted by Gasteiger charge is 2.41. The first-order chi connectivity index (χ1) is 9.74. The minimum absolute atomic E-state index is 0.0517. The maximum absolute atomic E-state index is 12.5. The number of carbonyl (C=O) groups is 1. The van der Waals surface area contributed by atoms with E-state index in [1.165, 1.54) is 12.8 Å². The van der Waals surface area contributed by atoms with Crippen molar-refractivity contribution in [2.24, 2.45) is 5.92 Å². The molecule has 4 nitrogen and oxygen atoms in total. The van der Waals surface area contributed by atoms with Crippen LogP contribution in [-0.4, -0.2) is 30.5 Å². The molecule has 1 aromatic carbocycles. The lowest BCUT2D eigenvalue weighted by atomic mass is 10.1. The molecular weight excluding hydrogens is 252 g/mol. The summed E-state index contributed by atoms with van der Waals surface area (Å²) >= 11 is 0. The van der Waals surface area contributed by atoms with Gasteiger partial charge in [-0.3, -0.25) is 10.1 Å². The summed E-state index contributed by atoms with van der Waals surface area (Å²) in [5.74, 6) is 1.76. The van der Waals surface area contributed by atoms with Crippen molar-refractivity contribution in [3.05, 3.63) is 29.8 Å². The van der Waals surface area contributed by atoms with Gasteiger partial charge in [0.1, 0.15) is 11.9 Å². The molecule has 2 fully saturated rings. The van der Waals surface area contributed by atoms with Gasteiger partial charge >= 0.3 is 0 Å². The zero-order valence-corrected chi connectivity index (χ0v) is 12.1. The van der Waals surface area contributed by atoms with Crippen LogP contribution < -0.4 is 10.1 Å². The summed E-state index contributed by atoms with van der Waals surface area (Å²) in [5.41, 5.74) is 1.06. The van der Waals surface area contributed by atoms with E-state index in [0.717, 1.165) is 24.3 Å². The van der Waals surface area contributed by atoms with E-state index in [0.29, 0.717) is 5.92 Å². The number of hydrogen-bond acceptors (Lipinski definition) is 3. The molecule has 1 heterocycles. The molecule has 1 saturated carbocycles. The maximum atomic E-state index is 12.5. The molecule has 2 unspecified atom stereocenters. The number of amides is 1. The number of ether oxygens (including phenoxy) is 1. The SMILES string of the molecule is CCC1NC(c2ccccc2OC)N(CC2CC2)C1=O. The zero-order valence-electron chi connectivity index (χ0n) is 12.1. The number of rotatable bonds is 5. The molecule has 1 aromatic rings. The highest BCUT2D eigenvalue weighted by atomic mass is 16.5. The van der Waals surface area contributed by atoms with Gasteiger partial charge in [-0.2, -0.15) is 0 Å². The summed E-state index contributed by atoms with van der Waals surface area (Å²) in [6, 6.07) is 7.89. The summed E-state index contributed by atoms with van der Waals surface area (Å²) in [6.45, 7) is 2.92. The largest absolute Gasteiger partial charge is 0.496 e. The van der Waals surface area contributed by atoms with E-state index in [1.54, 1.807) is 7.11 Å². The first kappa shape index (κ1) is 13.4. The number of para-hydroxylation sites is 1. The Labute approximate surface area is 120 Å². The quantitative estimate of drug-likeness (QED) is 0.896. The first-order valence-corrected chi connectivity index (χ1v) is 7.44. The summed E-state index contributed by atoms with van der Waals surface area (Å²) in [5, 5.41) is 3.46. The van der Waals surface area contributed by atoms with Crippen LogP contribution in [0.1, 0.15) is 37.9 Å². The Morgan fingerprint density at radius 3 is 2.75 bits per heavy atom. The molecule has 108 valence electrons. The second kappa shape index (κ2) is 5.44. The van der Waals surface area contributed by atoms with E-state index in [4.69, 9.17) is 4.74 Å². The first-order valence-electron chi connectivity index (χ1n) is 7.44. The number of nitrogens with one attached hydrogen (secondary N) is 1. The molecule has 3 rings (SSSR count). The van der Waals surface area contributed by atoms with Crippen molar-refractivity contribution >= 4 is 5.91 Å². The molecule has 0 aromatic heterocycles. The van der Waals surface area contributed by atoms with Crippen LogP contribution in [0.15, 0.2) is 24.3 Å². The van der Waals surface area contributed by atoms with E-state index in [2.05, 4.69) is 12.2 Å². The van der Waals surface area contributed by atoms with Crippen molar-refractivity contribution in [1.29, 1.82) is 0 Å². The third-order valence-corrected chi connectivity index (χ3v) is 4.25. The average Bonchev–Trinajstić information content (AvgIpc) is 3.24. The normalized spacial score (nSPS) is 26.1. The number of hydrogen-bond donors (Lipinski definition) is 1. The van der Waals surface area contributed by atoms with Crippen LogP contribution in [0.2, 0.25) is 0 Å². The Morgan fingerprint density at radius 1 is 1.35 bits per heavy atom. The second-order valence-corrected chi connectivity index (χ2v) is 5.71. The predicted molar refractivity (Wildman–Crippen MR) is 77.4 cm³/mol. The summed E-state index contributed by atoms with van der Waals surface area (Å²) in [4.78, 5) is 14.5. The van der Waals surface area contributed by atoms with Gasteiger partial charge in [0.15, 0.2) is 0 Å². The van der Waals surface area contributed by atoms with Crippen molar-refractivity contribution in [3.8, 4) is 5.75 Å². The van der Waals surface area contributed by atoms with Gasteiger partial charge in [-0.15, -0.1) is 0 Å². The topological polar surface area (TPSA) is 41.6 Å². The minimum Gasteiger partial charge on any atom is -0.496 e. The molecule has 1 saturated heterocycles. The second-order valence-electron chi connectivity index (χ2n) is 5.71. The molecule has 0 bridgehead atoms. The average molecular weight is 274 g/mol. The smallest absolute Gasteiger partial charge is 0.241 e. The molecule has 20 heavy (non-hydrogen) atoms. The van der Waals surface area contributed by atoms with Crippen molar-refractivity contribution in [3.63, 3.8) is 0 Å². The van der Waals surface area contributed by atoms with Crippen LogP contribution in [0.4, 0.5) is 0 Å². The zero-order chi connectivity index (χ0) is 14.1. The monoisotopic (exact) mass is 274 g/mol. The lowest BCUT2D eigenvalue weighted by molar-refractivity contribution is -0.130. The molecule has 4 heteroatoms. The predicted octanol–water partition coefficient (Wildman–Crippen LogP) is 2.31. The van der Waals surface area contributed by atoms with Crippen LogP contribution in [0.3, 0.4) is 0 Å². The number of benzene rings is 1. The van der Waals surface area contributed by atoms with Gasteiger partial charge in [-0.25, -0.2) is 0 Å². The van der Waals surface area contributed by atoms with Crippen LogP contribution in [0.5, 0.6) is 5.75 Å². The summed E-state index contributed by atoms with van der Waals surface area (Å²) < 4.78 is 5.45. The van der Waals surface area contributed by atoms with Gasteiger partial charge in [0, 0.05) is 12.1 Å². The van der Waals surface area contributed by atoms with Crippen molar-refractivity contribution in [1.82, 2.24) is 10.2 Å². The fourth-order valence-electron chi connectivity index (χ4n) is 2.90. The lowest BCUT2D eigenvalue weighted by Crippen LogP contribution is -2.32. The van der Waals surface area contributed by atoms with E-state index < -0.39 is 0 Å². The van der Waals surface area contributed by atoms with E-state index in [9.17, 15) is 4.79 Å². The van der Waals surface area contributed by atoms with Crippen LogP contribution in [-0.2, 0) is 4.79 Å². The third-order valence-electron chi connectivity index (χ3n) is 4.25. The third kappa shape index (κ3) is 2.40. The molecule has 1 N–H and O–H groups in total. The van der Waals surface area contributed by atoms with Gasteiger partial charge in [0.25, 0.3) is 0 Å². The molecule has 2 aliphatic rings.